The van der Waals surface area contributed by atoms with Crippen LogP contribution in [0.25, 0.3) is 0 Å². The highest BCUT2D eigenvalue weighted by Gasteiger charge is 2.44. The molecular formula is C38H50N6O7S. The van der Waals surface area contributed by atoms with Gasteiger partial charge >= 0.3 is 6.03 Å². The van der Waals surface area contributed by atoms with Gasteiger partial charge in [-0.15, -0.1) is 0 Å². The van der Waals surface area contributed by atoms with Gasteiger partial charge in [0.1, 0.15) is 11.7 Å². The maximum atomic E-state index is 14.3. The number of carbonyl (C=O) groups excluding carboxylic acids is 3. The number of pyridine rings is 1. The Morgan fingerprint density at radius 2 is 1.67 bits per heavy atom. The van der Waals surface area contributed by atoms with Crippen molar-refractivity contribution < 1.29 is 33.1 Å². The molecule has 1 fully saturated rings. The summed E-state index contributed by atoms with van der Waals surface area (Å²) in [6.45, 7) is 11.4. The van der Waals surface area contributed by atoms with E-state index in [9.17, 15) is 27.9 Å². The largest absolute Gasteiger partial charge is 0.411 e. The lowest BCUT2D eigenvalue weighted by molar-refractivity contribution is -0.130. The Hall–Kier alpha value is -4.66. The van der Waals surface area contributed by atoms with Gasteiger partial charge < -0.3 is 25.4 Å². The van der Waals surface area contributed by atoms with Gasteiger partial charge in [-0.1, -0.05) is 88.3 Å². The summed E-state index contributed by atoms with van der Waals surface area (Å²) in [5, 5.41) is 26.7. The van der Waals surface area contributed by atoms with E-state index in [0.29, 0.717) is 23.5 Å². The third kappa shape index (κ3) is 10.2. The minimum atomic E-state index is -4.09. The first-order valence-corrected chi connectivity index (χ1v) is 18.8. The minimum Gasteiger partial charge on any atom is -0.411 e. The molecule has 1 aliphatic heterocycles. The van der Waals surface area contributed by atoms with Crippen molar-refractivity contribution in [2.24, 2.45) is 16.5 Å². The third-order valence-electron chi connectivity index (χ3n) is 8.80. The van der Waals surface area contributed by atoms with Crippen molar-refractivity contribution in [1.29, 1.82) is 0 Å². The molecular weight excluding hydrogens is 685 g/mol. The number of sulfonamides is 1. The molecule has 0 unspecified atom stereocenters. The summed E-state index contributed by atoms with van der Waals surface area (Å²) < 4.78 is 29.0. The molecule has 1 aliphatic rings. The molecule has 3 atom stereocenters. The number of Topliss-reactive ketones (excluding diaryl/α,β-unsaturated/α-hetero) is 1. The van der Waals surface area contributed by atoms with E-state index in [2.05, 4.69) is 15.5 Å². The number of oxime groups is 1. The number of nitrogens with one attached hydrogen (secondary N) is 1. The second-order valence-electron chi connectivity index (χ2n) is 14.6. The number of aliphatic hydroxyl groups is 1. The van der Waals surface area contributed by atoms with E-state index in [-0.39, 0.29) is 55.2 Å². The molecule has 14 heteroatoms. The molecule has 52 heavy (non-hydrogen) atoms. The topological polar surface area (TPSA) is 173 Å². The monoisotopic (exact) mass is 734 g/mol. The molecule has 0 aliphatic carbocycles. The van der Waals surface area contributed by atoms with E-state index >= 15 is 0 Å². The van der Waals surface area contributed by atoms with Gasteiger partial charge in [0.05, 0.1) is 35.5 Å². The van der Waals surface area contributed by atoms with Crippen molar-refractivity contribution in [3.63, 3.8) is 0 Å². The molecule has 13 nitrogen and oxygen atoms in total. The van der Waals surface area contributed by atoms with Gasteiger partial charge in [0, 0.05) is 33.1 Å². The lowest BCUT2D eigenvalue weighted by atomic mass is 9.84. The number of amides is 3. The smallest absolute Gasteiger partial charge is 0.321 e. The van der Waals surface area contributed by atoms with Crippen molar-refractivity contribution in [3.8, 4) is 0 Å². The molecule has 3 amide bonds. The minimum absolute atomic E-state index is 0.00667. The maximum absolute atomic E-state index is 14.3. The number of hydrogen-bond donors (Lipinski definition) is 3. The second kappa shape index (κ2) is 17.2. The van der Waals surface area contributed by atoms with Crippen LogP contribution in [0.2, 0.25) is 0 Å². The predicted molar refractivity (Wildman–Crippen MR) is 197 cm³/mol. The molecule has 0 radical (unpaired) electrons. The third-order valence-corrected chi connectivity index (χ3v) is 10.6. The van der Waals surface area contributed by atoms with E-state index in [1.165, 1.54) is 46.6 Å². The summed E-state index contributed by atoms with van der Waals surface area (Å²) in [5.74, 6) is -0.737. The molecule has 2 heterocycles. The Morgan fingerprint density at radius 3 is 2.27 bits per heavy atom. The molecule has 0 saturated carbocycles. The number of rotatable bonds is 16. The summed E-state index contributed by atoms with van der Waals surface area (Å²) in [5.41, 5.74) is 1.48. The Bertz CT molecular complexity index is 1830. The summed E-state index contributed by atoms with van der Waals surface area (Å²) in [4.78, 5) is 47.5. The standard InChI is InChI=1S/C38H50N6O7S/c1-26(2)23-43(52(50,51)31-17-15-29(16-18-31)22-39-49)25-34(46)33(21-28-11-8-7-9-12-28)41-36(47)35(38(4,5)6)44-20-19-42(37(44)48)24-30-13-10-14-32(40-30)27(3)45/h7-18,22,26,33-35,46,49H,19-21,23-25H2,1-6H3,(H,41,47)/b39-22-/t33-,34+,35+/m0/s1. The number of ketones is 1. The maximum Gasteiger partial charge on any atom is 0.321 e. The Kier molecular flexibility index (Phi) is 13.3. The summed E-state index contributed by atoms with van der Waals surface area (Å²) >= 11 is 0. The molecule has 3 aromatic rings. The number of carbonyl (C=O) groups is 3. The van der Waals surface area contributed by atoms with Gasteiger partial charge in [-0.2, -0.15) is 4.31 Å². The zero-order valence-electron chi connectivity index (χ0n) is 30.6. The SMILES string of the molecule is CC(=O)c1cccc(CN2CCN([C@H](C(=O)N[C@@H](Cc3ccccc3)[C@H](O)CN(CC(C)C)S(=O)(=O)c3ccc(/C=N\O)cc3)C(C)(C)C)C2=O)n1. The Labute approximate surface area is 306 Å². The van der Waals surface area contributed by atoms with Crippen LogP contribution in [0.5, 0.6) is 0 Å². The van der Waals surface area contributed by atoms with E-state index in [1.807, 2.05) is 65.0 Å². The first-order chi connectivity index (χ1) is 24.5. The molecule has 0 spiro atoms. The highest BCUT2D eigenvalue weighted by atomic mass is 32.2. The van der Waals surface area contributed by atoms with Crippen LogP contribution < -0.4 is 5.32 Å². The summed E-state index contributed by atoms with van der Waals surface area (Å²) in [7, 11) is -4.09. The van der Waals surface area contributed by atoms with Crippen LogP contribution in [0, 0.1) is 11.3 Å². The van der Waals surface area contributed by atoms with Crippen molar-refractivity contribution >= 4 is 34.0 Å². The molecule has 1 saturated heterocycles. The zero-order chi connectivity index (χ0) is 38.2. The first kappa shape index (κ1) is 40.1. The highest BCUT2D eigenvalue weighted by Crippen LogP contribution is 2.29. The zero-order valence-corrected chi connectivity index (χ0v) is 31.5. The summed E-state index contributed by atoms with van der Waals surface area (Å²) in [6.07, 6.45) is 0.0600. The number of aliphatic hydroxyl groups excluding tert-OH is 1. The number of nitrogens with zero attached hydrogens (tertiary/aromatic N) is 5. The van der Waals surface area contributed by atoms with E-state index in [0.717, 1.165) is 5.56 Å². The van der Waals surface area contributed by atoms with Gasteiger partial charge in [-0.25, -0.2) is 18.2 Å². The van der Waals surface area contributed by atoms with Gasteiger partial charge in [-0.05, 0) is 53.1 Å². The van der Waals surface area contributed by atoms with Crippen molar-refractivity contribution in [2.75, 3.05) is 26.2 Å². The molecule has 1 aromatic heterocycles. The molecule has 0 bridgehead atoms. The Balaban J connectivity index is 1.60. The van der Waals surface area contributed by atoms with Crippen molar-refractivity contribution in [1.82, 2.24) is 24.4 Å². The lowest BCUT2D eigenvalue weighted by Gasteiger charge is -2.38. The van der Waals surface area contributed by atoms with Gasteiger partial charge in [0.15, 0.2) is 5.78 Å². The van der Waals surface area contributed by atoms with Crippen LogP contribution >= 0.6 is 0 Å². The van der Waals surface area contributed by atoms with Crippen LogP contribution in [-0.4, -0.2) is 106 Å². The van der Waals surface area contributed by atoms with E-state index in [4.69, 9.17) is 5.21 Å². The fourth-order valence-electron chi connectivity index (χ4n) is 6.32. The van der Waals surface area contributed by atoms with Crippen LogP contribution in [0.4, 0.5) is 4.79 Å². The lowest BCUT2D eigenvalue weighted by Crippen LogP contribution is -2.59. The van der Waals surface area contributed by atoms with Crippen LogP contribution in [0.3, 0.4) is 0 Å². The number of aromatic nitrogens is 1. The highest BCUT2D eigenvalue weighted by molar-refractivity contribution is 7.89. The van der Waals surface area contributed by atoms with Crippen LogP contribution in [0.1, 0.15) is 68.9 Å². The van der Waals surface area contributed by atoms with Gasteiger partial charge in [0.25, 0.3) is 0 Å². The predicted octanol–water partition coefficient (Wildman–Crippen LogP) is 4.18. The number of benzene rings is 2. The van der Waals surface area contributed by atoms with Crippen LogP contribution in [-0.2, 0) is 27.8 Å². The van der Waals surface area contributed by atoms with Crippen molar-refractivity contribution in [2.45, 2.75) is 77.6 Å². The normalized spacial score (nSPS) is 15.8. The fraction of sp³-hybridized carbons (Fsp3) is 0.447. The average molecular weight is 735 g/mol. The van der Waals surface area contributed by atoms with E-state index < -0.39 is 39.5 Å². The number of hydrogen-bond acceptors (Lipinski definition) is 9. The molecule has 2 aromatic carbocycles. The second-order valence-corrected chi connectivity index (χ2v) is 16.6. The Morgan fingerprint density at radius 1 is 1.00 bits per heavy atom. The quantitative estimate of drug-likeness (QED) is 0.0851. The first-order valence-electron chi connectivity index (χ1n) is 17.3. The fourth-order valence-corrected chi connectivity index (χ4v) is 7.94. The van der Waals surface area contributed by atoms with E-state index in [1.54, 1.807) is 23.1 Å². The van der Waals surface area contributed by atoms with Crippen LogP contribution in [0.15, 0.2) is 82.8 Å². The molecule has 3 N–H and O–H groups in total. The molecule has 280 valence electrons. The summed E-state index contributed by atoms with van der Waals surface area (Å²) in [6, 6.07) is 18.0. The van der Waals surface area contributed by atoms with Gasteiger partial charge in [0.2, 0.25) is 15.9 Å². The van der Waals surface area contributed by atoms with Crippen molar-refractivity contribution in [3.05, 3.63) is 95.3 Å². The average Bonchev–Trinajstić information content (AvgIpc) is 3.42. The molecule has 4 rings (SSSR count). The number of urea groups is 1. The van der Waals surface area contributed by atoms with Gasteiger partial charge in [-0.3, -0.25) is 9.59 Å².